The summed E-state index contributed by atoms with van der Waals surface area (Å²) >= 11 is 0. The van der Waals surface area contributed by atoms with Crippen LogP contribution in [0.1, 0.15) is 27.4 Å². The molecule has 2 aromatic carbocycles. The number of ketones is 1. The molecule has 0 fully saturated rings. The highest BCUT2D eigenvalue weighted by Gasteiger charge is 2.40. The predicted molar refractivity (Wildman–Crippen MR) is 83.9 cm³/mol. The van der Waals surface area contributed by atoms with E-state index in [0.717, 1.165) is 18.5 Å². The molecule has 1 aliphatic carbocycles. The summed E-state index contributed by atoms with van der Waals surface area (Å²) < 4.78 is 5.15. The van der Waals surface area contributed by atoms with Gasteiger partial charge in [-0.2, -0.15) is 0 Å². The summed E-state index contributed by atoms with van der Waals surface area (Å²) in [5, 5.41) is 13.2. The maximum absolute atomic E-state index is 13.1. The zero-order valence-electron chi connectivity index (χ0n) is 12.3. The van der Waals surface area contributed by atoms with Crippen LogP contribution in [-0.4, -0.2) is 24.5 Å². The number of methoxy groups -OCH3 is 1. The topological polar surface area (TPSA) is 58.6 Å². The molecular weight excluding hydrogens is 278 g/mol. The van der Waals surface area contributed by atoms with Crippen LogP contribution < -0.4 is 10.1 Å². The van der Waals surface area contributed by atoms with Gasteiger partial charge in [0.15, 0.2) is 17.3 Å². The second-order valence-electron chi connectivity index (χ2n) is 5.96. The predicted octanol–water partition coefficient (Wildman–Crippen LogP) is 2.97. The fourth-order valence-electron chi connectivity index (χ4n) is 3.71. The summed E-state index contributed by atoms with van der Waals surface area (Å²) in [5.74, 6) is 0.630. The Bertz CT molecular complexity index is 769. The SMILES string of the molecule is COc1cc2c(cc1O)NC[C@@H]1Cc3ccccc3C1C2=O. The Kier molecular flexibility index (Phi) is 2.86. The molecule has 2 N–H and O–H groups in total. The van der Waals surface area contributed by atoms with Gasteiger partial charge in [-0.25, -0.2) is 0 Å². The third kappa shape index (κ3) is 1.80. The highest BCUT2D eigenvalue weighted by molar-refractivity contribution is 6.07. The molecule has 1 unspecified atom stereocenters. The number of fused-ring (bicyclic) bond motifs is 4. The number of rotatable bonds is 1. The standard InChI is InChI=1S/C18H17NO3/c1-22-16-7-13-14(8-15(16)20)19-9-11-6-10-4-2-3-5-12(10)17(11)18(13)21/h2-5,7-8,11,17,19-20H,6,9H2,1H3/t11-,17?/m0/s1. The molecule has 0 bridgehead atoms. The second-order valence-corrected chi connectivity index (χ2v) is 5.96. The molecule has 112 valence electrons. The van der Waals surface area contributed by atoms with E-state index < -0.39 is 0 Å². The van der Waals surface area contributed by atoms with Crippen molar-refractivity contribution < 1.29 is 14.6 Å². The number of phenols is 1. The highest BCUT2D eigenvalue weighted by Crippen LogP contribution is 2.44. The van der Waals surface area contributed by atoms with Crippen LogP contribution in [-0.2, 0) is 6.42 Å². The van der Waals surface area contributed by atoms with Gasteiger partial charge in [-0.1, -0.05) is 24.3 Å². The molecule has 2 aromatic rings. The van der Waals surface area contributed by atoms with Gasteiger partial charge in [0.05, 0.1) is 13.0 Å². The fourth-order valence-corrected chi connectivity index (χ4v) is 3.71. The van der Waals surface area contributed by atoms with Gasteiger partial charge in [0.2, 0.25) is 0 Å². The Labute approximate surface area is 128 Å². The maximum atomic E-state index is 13.1. The minimum atomic E-state index is -0.112. The van der Waals surface area contributed by atoms with Crippen molar-refractivity contribution in [1.29, 1.82) is 0 Å². The van der Waals surface area contributed by atoms with Crippen LogP contribution in [0.15, 0.2) is 36.4 Å². The summed E-state index contributed by atoms with van der Waals surface area (Å²) in [6.07, 6.45) is 0.913. The first-order chi connectivity index (χ1) is 10.7. The van der Waals surface area contributed by atoms with E-state index in [4.69, 9.17) is 4.74 Å². The lowest BCUT2D eigenvalue weighted by Crippen LogP contribution is -2.20. The molecule has 22 heavy (non-hydrogen) atoms. The number of Topliss-reactive ketones (excluding diaryl/α,β-unsaturated/α-hetero) is 1. The third-order valence-corrected chi connectivity index (χ3v) is 4.77. The van der Waals surface area contributed by atoms with Crippen LogP contribution in [0.2, 0.25) is 0 Å². The number of carbonyl (C=O) groups is 1. The van der Waals surface area contributed by atoms with Gasteiger partial charge < -0.3 is 15.2 Å². The normalized spacial score (nSPS) is 22.1. The Morgan fingerprint density at radius 3 is 2.91 bits per heavy atom. The van der Waals surface area contributed by atoms with Crippen LogP contribution in [0.3, 0.4) is 0 Å². The van der Waals surface area contributed by atoms with Gasteiger partial charge in [-0.05, 0) is 29.5 Å². The zero-order valence-corrected chi connectivity index (χ0v) is 12.3. The number of phenolic OH excluding ortho intramolecular Hbond substituents is 1. The molecule has 4 rings (SSSR count). The number of ether oxygens (including phenoxy) is 1. The maximum Gasteiger partial charge on any atom is 0.172 e. The van der Waals surface area contributed by atoms with Crippen LogP contribution >= 0.6 is 0 Å². The van der Waals surface area contributed by atoms with E-state index in [1.165, 1.54) is 12.7 Å². The summed E-state index contributed by atoms with van der Waals surface area (Å²) in [6, 6.07) is 11.4. The lowest BCUT2D eigenvalue weighted by Gasteiger charge is -2.15. The van der Waals surface area contributed by atoms with E-state index in [2.05, 4.69) is 17.4 Å². The van der Waals surface area contributed by atoms with Crippen LogP contribution in [0.25, 0.3) is 0 Å². The van der Waals surface area contributed by atoms with Crippen molar-refractivity contribution in [3.05, 3.63) is 53.1 Å². The summed E-state index contributed by atoms with van der Waals surface area (Å²) in [6.45, 7) is 0.726. The van der Waals surface area contributed by atoms with Crippen molar-refractivity contribution in [1.82, 2.24) is 0 Å². The van der Waals surface area contributed by atoms with E-state index in [1.54, 1.807) is 12.1 Å². The molecule has 0 aromatic heterocycles. The van der Waals surface area contributed by atoms with Crippen molar-refractivity contribution in [2.45, 2.75) is 12.3 Å². The lowest BCUT2D eigenvalue weighted by molar-refractivity contribution is 0.0943. The van der Waals surface area contributed by atoms with Gasteiger partial charge in [0, 0.05) is 23.9 Å². The zero-order chi connectivity index (χ0) is 15.3. The van der Waals surface area contributed by atoms with E-state index in [1.807, 2.05) is 12.1 Å². The summed E-state index contributed by atoms with van der Waals surface area (Å²) in [4.78, 5) is 13.1. The number of carbonyl (C=O) groups excluding carboxylic acids is 1. The molecule has 2 atom stereocenters. The molecule has 0 saturated heterocycles. The molecule has 0 saturated carbocycles. The van der Waals surface area contributed by atoms with Crippen molar-refractivity contribution >= 4 is 11.5 Å². The molecular formula is C18H17NO3. The third-order valence-electron chi connectivity index (χ3n) is 4.77. The Hall–Kier alpha value is -2.49. The largest absolute Gasteiger partial charge is 0.504 e. The van der Waals surface area contributed by atoms with Crippen LogP contribution in [0, 0.1) is 5.92 Å². The number of anilines is 1. The van der Waals surface area contributed by atoms with Gasteiger partial charge in [-0.3, -0.25) is 4.79 Å². The average molecular weight is 295 g/mol. The molecule has 2 aliphatic rings. The molecule has 0 amide bonds. The van der Waals surface area contributed by atoms with E-state index in [-0.39, 0.29) is 23.4 Å². The van der Waals surface area contributed by atoms with Crippen LogP contribution in [0.5, 0.6) is 11.5 Å². The fraction of sp³-hybridized carbons (Fsp3) is 0.278. The highest BCUT2D eigenvalue weighted by atomic mass is 16.5. The first-order valence-corrected chi connectivity index (χ1v) is 7.46. The Morgan fingerprint density at radius 1 is 1.27 bits per heavy atom. The minimum Gasteiger partial charge on any atom is -0.504 e. The van der Waals surface area contributed by atoms with E-state index in [0.29, 0.717) is 17.0 Å². The van der Waals surface area contributed by atoms with Crippen molar-refractivity contribution in [2.24, 2.45) is 5.92 Å². The molecule has 4 heteroatoms. The van der Waals surface area contributed by atoms with Crippen LogP contribution in [0.4, 0.5) is 5.69 Å². The molecule has 0 radical (unpaired) electrons. The van der Waals surface area contributed by atoms with Gasteiger partial charge in [0.1, 0.15) is 0 Å². The Morgan fingerprint density at radius 2 is 2.09 bits per heavy atom. The quantitative estimate of drug-likeness (QED) is 0.849. The first-order valence-electron chi connectivity index (χ1n) is 7.46. The average Bonchev–Trinajstić information content (AvgIpc) is 2.84. The Balaban J connectivity index is 1.85. The molecule has 1 aliphatic heterocycles. The lowest BCUT2D eigenvalue weighted by atomic mass is 9.86. The monoisotopic (exact) mass is 295 g/mol. The molecule has 0 spiro atoms. The summed E-state index contributed by atoms with van der Waals surface area (Å²) in [7, 11) is 1.49. The number of benzene rings is 2. The van der Waals surface area contributed by atoms with Crippen molar-refractivity contribution in [3.63, 3.8) is 0 Å². The number of aromatic hydroxyl groups is 1. The summed E-state index contributed by atoms with van der Waals surface area (Å²) in [5.41, 5.74) is 3.69. The number of hydrogen-bond donors (Lipinski definition) is 2. The smallest absolute Gasteiger partial charge is 0.172 e. The molecule has 1 heterocycles. The minimum absolute atomic E-state index is 0.0500. The van der Waals surface area contributed by atoms with Gasteiger partial charge >= 0.3 is 0 Å². The van der Waals surface area contributed by atoms with Gasteiger partial charge in [-0.15, -0.1) is 0 Å². The van der Waals surface area contributed by atoms with Crippen molar-refractivity contribution in [2.75, 3.05) is 19.0 Å². The van der Waals surface area contributed by atoms with Gasteiger partial charge in [0.25, 0.3) is 0 Å². The first kappa shape index (κ1) is 13.2. The van der Waals surface area contributed by atoms with Crippen molar-refractivity contribution in [3.8, 4) is 11.5 Å². The number of hydrogen-bond acceptors (Lipinski definition) is 4. The molecule has 4 nitrogen and oxygen atoms in total. The van der Waals surface area contributed by atoms with E-state index >= 15 is 0 Å². The second kappa shape index (κ2) is 4.77. The number of nitrogens with one attached hydrogen (secondary N) is 1. The van der Waals surface area contributed by atoms with E-state index in [9.17, 15) is 9.90 Å².